The third-order valence-corrected chi connectivity index (χ3v) is 4.50. The first kappa shape index (κ1) is 18.3. The summed E-state index contributed by atoms with van der Waals surface area (Å²) in [6.07, 6.45) is 3.09. The van der Waals surface area contributed by atoms with Gasteiger partial charge in [-0.15, -0.1) is 5.10 Å². The highest BCUT2D eigenvalue weighted by Gasteiger charge is 2.14. The zero-order valence-corrected chi connectivity index (χ0v) is 15.9. The third kappa shape index (κ3) is 3.96. The summed E-state index contributed by atoms with van der Waals surface area (Å²) in [5.41, 5.74) is 3.75. The van der Waals surface area contributed by atoms with Gasteiger partial charge in [0.2, 0.25) is 5.88 Å². The van der Waals surface area contributed by atoms with Crippen LogP contribution < -0.4 is 10.1 Å². The summed E-state index contributed by atoms with van der Waals surface area (Å²) in [5, 5.41) is 13.9. The number of hydrogen-bond donors (Lipinski definition) is 1. The monoisotopic (exact) mass is 386 g/mol. The Hall–Kier alpha value is -4.07. The van der Waals surface area contributed by atoms with Crippen LogP contribution in [0.15, 0.2) is 67.1 Å². The molecule has 2 aromatic heterocycles. The molecule has 0 spiro atoms. The molecule has 0 saturated heterocycles. The molecule has 4 rings (SSSR count). The summed E-state index contributed by atoms with van der Waals surface area (Å²) >= 11 is 0. The van der Waals surface area contributed by atoms with Crippen molar-refractivity contribution in [2.24, 2.45) is 0 Å². The van der Waals surface area contributed by atoms with Crippen molar-refractivity contribution in [2.45, 2.75) is 13.8 Å². The highest BCUT2D eigenvalue weighted by molar-refractivity contribution is 6.05. The predicted molar refractivity (Wildman–Crippen MR) is 107 cm³/mol. The highest BCUT2D eigenvalue weighted by Crippen LogP contribution is 2.30. The zero-order valence-electron chi connectivity index (χ0n) is 15.9. The molecule has 0 bridgehead atoms. The third-order valence-electron chi connectivity index (χ3n) is 4.50. The molecule has 144 valence electrons. The number of amides is 1. The molecule has 2 aromatic carbocycles. The molecule has 0 aliphatic heterocycles. The largest absolute Gasteiger partial charge is 0.437 e. The molecular formula is C21H18N6O2. The molecular weight excluding hydrogens is 368 g/mol. The molecule has 2 heterocycles. The molecule has 0 unspecified atom stereocenters. The van der Waals surface area contributed by atoms with Crippen LogP contribution >= 0.6 is 0 Å². The number of aromatic nitrogens is 5. The number of tetrazole rings is 1. The van der Waals surface area contributed by atoms with E-state index in [0.717, 1.165) is 11.1 Å². The first-order valence-corrected chi connectivity index (χ1v) is 8.95. The second-order valence-corrected chi connectivity index (χ2v) is 6.42. The Labute approximate surface area is 167 Å². The number of hydrogen-bond acceptors (Lipinski definition) is 6. The van der Waals surface area contributed by atoms with Gasteiger partial charge in [-0.1, -0.05) is 18.2 Å². The lowest BCUT2D eigenvalue weighted by molar-refractivity contribution is 0.102. The van der Waals surface area contributed by atoms with Crippen molar-refractivity contribution in [1.82, 2.24) is 25.2 Å². The molecule has 8 heteroatoms. The van der Waals surface area contributed by atoms with Gasteiger partial charge in [-0.3, -0.25) is 4.79 Å². The lowest BCUT2D eigenvalue weighted by Gasteiger charge is -2.13. The van der Waals surface area contributed by atoms with Crippen molar-refractivity contribution < 1.29 is 9.53 Å². The van der Waals surface area contributed by atoms with E-state index >= 15 is 0 Å². The van der Waals surface area contributed by atoms with Crippen LogP contribution in [0, 0.1) is 13.8 Å². The Morgan fingerprint density at radius 1 is 1.07 bits per heavy atom. The number of benzene rings is 2. The molecule has 29 heavy (non-hydrogen) atoms. The minimum Gasteiger partial charge on any atom is -0.437 e. The molecule has 1 N–H and O–H groups in total. The van der Waals surface area contributed by atoms with Crippen molar-refractivity contribution >= 4 is 11.6 Å². The standard InChI is InChI=1S/C21H18N6O2/c1-14-6-3-10-19(15(14)2)29-21-18(9-5-11-22-21)24-20(28)16-7-4-8-17(12-16)27-13-23-25-26-27/h3-13H,1-2H3,(H,24,28). The maximum absolute atomic E-state index is 12.8. The summed E-state index contributed by atoms with van der Waals surface area (Å²) in [7, 11) is 0. The smallest absolute Gasteiger partial charge is 0.255 e. The van der Waals surface area contributed by atoms with Crippen molar-refractivity contribution in [2.75, 3.05) is 5.32 Å². The van der Waals surface area contributed by atoms with E-state index in [1.165, 1.54) is 11.0 Å². The Morgan fingerprint density at radius 2 is 1.93 bits per heavy atom. The lowest BCUT2D eigenvalue weighted by Crippen LogP contribution is -2.13. The molecule has 0 saturated carbocycles. The van der Waals surface area contributed by atoms with Crippen LogP contribution in [0.1, 0.15) is 21.5 Å². The van der Waals surface area contributed by atoms with Gasteiger partial charge < -0.3 is 10.1 Å². The van der Waals surface area contributed by atoms with E-state index in [1.54, 1.807) is 36.5 Å². The van der Waals surface area contributed by atoms with Crippen LogP contribution in [0.4, 0.5) is 5.69 Å². The first-order valence-electron chi connectivity index (χ1n) is 8.95. The number of ether oxygens (including phenoxy) is 1. The minimum absolute atomic E-state index is 0.293. The maximum Gasteiger partial charge on any atom is 0.255 e. The number of aryl methyl sites for hydroxylation is 1. The van der Waals surface area contributed by atoms with Crippen molar-refractivity contribution in [1.29, 1.82) is 0 Å². The van der Waals surface area contributed by atoms with E-state index in [-0.39, 0.29) is 5.91 Å². The van der Waals surface area contributed by atoms with Gasteiger partial charge in [0, 0.05) is 11.8 Å². The molecule has 0 atom stereocenters. The van der Waals surface area contributed by atoms with E-state index in [9.17, 15) is 4.79 Å². The van der Waals surface area contributed by atoms with Gasteiger partial charge in [0.1, 0.15) is 17.8 Å². The van der Waals surface area contributed by atoms with Gasteiger partial charge in [-0.25, -0.2) is 9.67 Å². The summed E-state index contributed by atoms with van der Waals surface area (Å²) in [6.45, 7) is 4.00. The van der Waals surface area contributed by atoms with E-state index < -0.39 is 0 Å². The number of carbonyl (C=O) groups excluding carboxylic acids is 1. The van der Waals surface area contributed by atoms with Crippen LogP contribution in [-0.2, 0) is 0 Å². The quantitative estimate of drug-likeness (QED) is 0.562. The number of anilines is 1. The highest BCUT2D eigenvalue weighted by atomic mass is 16.5. The summed E-state index contributed by atoms with van der Waals surface area (Å²) in [4.78, 5) is 17.1. The van der Waals surface area contributed by atoms with Crippen LogP contribution in [0.25, 0.3) is 5.69 Å². The van der Waals surface area contributed by atoms with Crippen molar-refractivity contribution in [3.8, 4) is 17.3 Å². The molecule has 0 radical (unpaired) electrons. The normalized spacial score (nSPS) is 10.6. The van der Waals surface area contributed by atoms with E-state index in [2.05, 4.69) is 25.8 Å². The van der Waals surface area contributed by atoms with Gasteiger partial charge in [-0.2, -0.15) is 0 Å². The molecule has 1 amide bonds. The second kappa shape index (κ2) is 7.89. The van der Waals surface area contributed by atoms with E-state index in [4.69, 9.17) is 4.74 Å². The van der Waals surface area contributed by atoms with Crippen LogP contribution in [0.5, 0.6) is 11.6 Å². The predicted octanol–water partition coefficient (Wildman–Crippen LogP) is 3.72. The van der Waals surface area contributed by atoms with E-state index in [1.807, 2.05) is 38.1 Å². The average Bonchev–Trinajstić information content (AvgIpc) is 3.28. The average molecular weight is 386 g/mol. The van der Waals surface area contributed by atoms with Gasteiger partial charge in [-0.05, 0) is 71.8 Å². The summed E-state index contributed by atoms with van der Waals surface area (Å²) in [6, 6.07) is 16.3. The summed E-state index contributed by atoms with van der Waals surface area (Å²) < 4.78 is 7.47. The maximum atomic E-state index is 12.8. The number of carbonyl (C=O) groups is 1. The molecule has 0 fully saturated rings. The molecule has 8 nitrogen and oxygen atoms in total. The lowest BCUT2D eigenvalue weighted by atomic mass is 10.1. The van der Waals surface area contributed by atoms with Crippen LogP contribution in [0.3, 0.4) is 0 Å². The fourth-order valence-corrected chi connectivity index (χ4v) is 2.77. The van der Waals surface area contributed by atoms with Crippen molar-refractivity contribution in [3.05, 3.63) is 83.8 Å². The fourth-order valence-electron chi connectivity index (χ4n) is 2.77. The fraction of sp³-hybridized carbons (Fsp3) is 0.0952. The van der Waals surface area contributed by atoms with Crippen molar-refractivity contribution in [3.63, 3.8) is 0 Å². The number of rotatable bonds is 5. The second-order valence-electron chi connectivity index (χ2n) is 6.42. The molecule has 0 aliphatic carbocycles. The Bertz CT molecular complexity index is 1160. The summed E-state index contributed by atoms with van der Waals surface area (Å²) in [5.74, 6) is 0.727. The zero-order chi connectivity index (χ0) is 20.2. The number of pyridine rings is 1. The Kier molecular flexibility index (Phi) is 4.98. The first-order chi connectivity index (χ1) is 14.1. The number of nitrogens with one attached hydrogen (secondary N) is 1. The Balaban J connectivity index is 1.58. The Morgan fingerprint density at radius 3 is 2.76 bits per heavy atom. The van der Waals surface area contributed by atoms with Gasteiger partial charge >= 0.3 is 0 Å². The van der Waals surface area contributed by atoms with Gasteiger partial charge in [0.05, 0.1) is 5.69 Å². The minimum atomic E-state index is -0.293. The topological polar surface area (TPSA) is 94.8 Å². The van der Waals surface area contributed by atoms with Gasteiger partial charge in [0.15, 0.2) is 0 Å². The van der Waals surface area contributed by atoms with Gasteiger partial charge in [0.25, 0.3) is 5.91 Å². The SMILES string of the molecule is Cc1cccc(Oc2ncccc2NC(=O)c2cccc(-n3cnnn3)c2)c1C. The van der Waals surface area contributed by atoms with E-state index in [0.29, 0.717) is 28.6 Å². The van der Waals surface area contributed by atoms with Crippen LogP contribution in [0.2, 0.25) is 0 Å². The molecule has 0 aliphatic rings. The van der Waals surface area contributed by atoms with Crippen LogP contribution in [-0.4, -0.2) is 31.1 Å². The molecule has 4 aromatic rings. The number of nitrogens with zero attached hydrogens (tertiary/aromatic N) is 5.